The minimum Gasteiger partial charge on any atom is -0.357 e. The van der Waals surface area contributed by atoms with E-state index >= 15 is 0 Å². The molecule has 92 valence electrons. The zero-order valence-electron chi connectivity index (χ0n) is 10.4. The van der Waals surface area contributed by atoms with Crippen molar-refractivity contribution in [1.82, 2.24) is 10.3 Å². The maximum absolute atomic E-state index is 4.88. The van der Waals surface area contributed by atoms with E-state index in [0.29, 0.717) is 5.92 Å². The third-order valence-electron chi connectivity index (χ3n) is 3.94. The Kier molecular flexibility index (Phi) is 3.27. The highest BCUT2D eigenvalue weighted by molar-refractivity contribution is 5.40. The highest BCUT2D eigenvalue weighted by Gasteiger charge is 2.18. The van der Waals surface area contributed by atoms with Gasteiger partial charge < -0.3 is 10.2 Å². The number of hydrogen-bond acceptors (Lipinski definition) is 3. The van der Waals surface area contributed by atoms with Gasteiger partial charge in [-0.2, -0.15) is 0 Å². The van der Waals surface area contributed by atoms with Gasteiger partial charge in [-0.25, -0.2) is 4.98 Å². The third-order valence-corrected chi connectivity index (χ3v) is 3.94. The molecule has 1 N–H and O–H groups in total. The fourth-order valence-corrected chi connectivity index (χ4v) is 2.91. The van der Waals surface area contributed by atoms with E-state index in [9.17, 15) is 0 Å². The summed E-state index contributed by atoms with van der Waals surface area (Å²) in [7, 11) is 0. The molecular weight excluding hydrogens is 210 g/mol. The lowest BCUT2D eigenvalue weighted by atomic mass is 9.94. The van der Waals surface area contributed by atoms with Crippen molar-refractivity contribution in [3.8, 4) is 0 Å². The first-order valence-corrected chi connectivity index (χ1v) is 6.86. The summed E-state index contributed by atoms with van der Waals surface area (Å²) in [5.74, 6) is 1.86. The SMILES string of the molecule is c1cc(C2CCNCC2)nc(N2CCCC2)c1. The van der Waals surface area contributed by atoms with E-state index in [1.807, 2.05) is 0 Å². The molecule has 2 fully saturated rings. The van der Waals surface area contributed by atoms with Crippen molar-refractivity contribution in [3.05, 3.63) is 23.9 Å². The number of rotatable bonds is 2. The Morgan fingerprint density at radius 2 is 1.88 bits per heavy atom. The van der Waals surface area contributed by atoms with Crippen molar-refractivity contribution in [2.45, 2.75) is 31.6 Å². The number of nitrogens with zero attached hydrogens (tertiary/aromatic N) is 2. The van der Waals surface area contributed by atoms with Gasteiger partial charge in [0.25, 0.3) is 0 Å². The van der Waals surface area contributed by atoms with Gasteiger partial charge in [0.1, 0.15) is 5.82 Å². The fourth-order valence-electron chi connectivity index (χ4n) is 2.91. The first-order chi connectivity index (χ1) is 8.43. The van der Waals surface area contributed by atoms with Crippen molar-refractivity contribution in [2.75, 3.05) is 31.1 Å². The van der Waals surface area contributed by atoms with Crippen LogP contribution in [0.4, 0.5) is 5.82 Å². The first-order valence-electron chi connectivity index (χ1n) is 6.86. The van der Waals surface area contributed by atoms with Gasteiger partial charge in [0, 0.05) is 24.7 Å². The zero-order chi connectivity index (χ0) is 11.5. The Morgan fingerprint density at radius 3 is 2.65 bits per heavy atom. The Morgan fingerprint density at radius 1 is 1.12 bits per heavy atom. The predicted molar refractivity (Wildman–Crippen MR) is 70.5 cm³/mol. The minimum absolute atomic E-state index is 0.666. The molecule has 0 amide bonds. The summed E-state index contributed by atoms with van der Waals surface area (Å²) in [6, 6.07) is 6.55. The average molecular weight is 231 g/mol. The molecule has 2 aliphatic heterocycles. The second-order valence-electron chi connectivity index (χ2n) is 5.14. The maximum atomic E-state index is 4.88. The quantitative estimate of drug-likeness (QED) is 0.845. The van der Waals surface area contributed by atoms with Crippen LogP contribution in [0.5, 0.6) is 0 Å². The molecule has 1 aromatic heterocycles. The van der Waals surface area contributed by atoms with E-state index in [1.165, 1.54) is 50.3 Å². The summed E-state index contributed by atoms with van der Waals surface area (Å²) in [6.07, 6.45) is 5.10. The van der Waals surface area contributed by atoms with Gasteiger partial charge in [-0.05, 0) is 50.9 Å². The number of pyridine rings is 1. The molecule has 1 aromatic rings. The largest absolute Gasteiger partial charge is 0.357 e. The van der Waals surface area contributed by atoms with Gasteiger partial charge in [-0.3, -0.25) is 0 Å². The molecule has 0 radical (unpaired) electrons. The van der Waals surface area contributed by atoms with E-state index in [-0.39, 0.29) is 0 Å². The molecule has 0 aromatic carbocycles. The van der Waals surface area contributed by atoms with Gasteiger partial charge >= 0.3 is 0 Å². The Labute approximate surface area is 103 Å². The van der Waals surface area contributed by atoms with E-state index in [2.05, 4.69) is 28.4 Å². The first kappa shape index (κ1) is 11.0. The molecule has 2 saturated heterocycles. The van der Waals surface area contributed by atoms with E-state index in [4.69, 9.17) is 4.98 Å². The van der Waals surface area contributed by atoms with Crippen LogP contribution in [0.25, 0.3) is 0 Å². The van der Waals surface area contributed by atoms with Gasteiger partial charge in [0.05, 0.1) is 0 Å². The number of nitrogens with one attached hydrogen (secondary N) is 1. The summed E-state index contributed by atoms with van der Waals surface area (Å²) in [6.45, 7) is 4.64. The Hall–Kier alpha value is -1.09. The summed E-state index contributed by atoms with van der Waals surface area (Å²) < 4.78 is 0. The molecular formula is C14H21N3. The zero-order valence-corrected chi connectivity index (χ0v) is 10.4. The molecule has 0 saturated carbocycles. The Bertz CT molecular complexity index is 365. The fraction of sp³-hybridized carbons (Fsp3) is 0.643. The lowest BCUT2D eigenvalue weighted by molar-refractivity contribution is 0.453. The Balaban J connectivity index is 1.77. The van der Waals surface area contributed by atoms with Crippen LogP contribution < -0.4 is 10.2 Å². The molecule has 3 heteroatoms. The van der Waals surface area contributed by atoms with Crippen LogP contribution in [0.2, 0.25) is 0 Å². The highest BCUT2D eigenvalue weighted by atomic mass is 15.2. The second kappa shape index (κ2) is 5.05. The monoisotopic (exact) mass is 231 g/mol. The topological polar surface area (TPSA) is 28.2 Å². The molecule has 0 bridgehead atoms. The molecule has 3 rings (SSSR count). The molecule has 3 nitrogen and oxygen atoms in total. The lowest BCUT2D eigenvalue weighted by Gasteiger charge is -2.24. The van der Waals surface area contributed by atoms with Crippen LogP contribution in [-0.4, -0.2) is 31.2 Å². The van der Waals surface area contributed by atoms with Crippen LogP contribution in [0.1, 0.15) is 37.3 Å². The van der Waals surface area contributed by atoms with Crippen LogP contribution in [-0.2, 0) is 0 Å². The molecule has 3 heterocycles. The van der Waals surface area contributed by atoms with Gasteiger partial charge in [-0.15, -0.1) is 0 Å². The molecule has 0 spiro atoms. The number of aromatic nitrogens is 1. The lowest BCUT2D eigenvalue weighted by Crippen LogP contribution is -2.27. The summed E-state index contributed by atoms with van der Waals surface area (Å²) in [5, 5.41) is 3.42. The predicted octanol–water partition coefficient (Wildman–Crippen LogP) is 2.15. The number of anilines is 1. The van der Waals surface area contributed by atoms with Crippen molar-refractivity contribution in [3.63, 3.8) is 0 Å². The summed E-state index contributed by atoms with van der Waals surface area (Å²) >= 11 is 0. The molecule has 2 aliphatic rings. The number of hydrogen-bond donors (Lipinski definition) is 1. The maximum Gasteiger partial charge on any atom is 0.128 e. The summed E-state index contributed by atoms with van der Waals surface area (Å²) in [4.78, 5) is 7.30. The smallest absolute Gasteiger partial charge is 0.128 e. The van der Waals surface area contributed by atoms with Crippen LogP contribution in [0.3, 0.4) is 0 Å². The van der Waals surface area contributed by atoms with Gasteiger partial charge in [0.2, 0.25) is 0 Å². The highest BCUT2D eigenvalue weighted by Crippen LogP contribution is 2.26. The summed E-state index contributed by atoms with van der Waals surface area (Å²) in [5.41, 5.74) is 1.30. The normalized spacial score (nSPS) is 22.0. The second-order valence-corrected chi connectivity index (χ2v) is 5.14. The van der Waals surface area contributed by atoms with E-state index in [0.717, 1.165) is 13.1 Å². The van der Waals surface area contributed by atoms with Crippen LogP contribution >= 0.6 is 0 Å². The molecule has 0 aliphatic carbocycles. The third kappa shape index (κ3) is 2.44. The van der Waals surface area contributed by atoms with Crippen LogP contribution in [0.15, 0.2) is 18.2 Å². The van der Waals surface area contributed by atoms with Crippen molar-refractivity contribution in [2.24, 2.45) is 0 Å². The molecule has 0 atom stereocenters. The van der Waals surface area contributed by atoms with Gasteiger partial charge in [-0.1, -0.05) is 6.07 Å². The number of piperidine rings is 1. The van der Waals surface area contributed by atoms with E-state index < -0.39 is 0 Å². The standard InChI is InChI=1S/C14H21N3/c1-2-11-17(10-1)14-5-3-4-13(16-14)12-6-8-15-9-7-12/h3-5,12,15H,1-2,6-11H2. The van der Waals surface area contributed by atoms with Gasteiger partial charge in [0.15, 0.2) is 0 Å². The van der Waals surface area contributed by atoms with Crippen LogP contribution in [0, 0.1) is 0 Å². The minimum atomic E-state index is 0.666. The van der Waals surface area contributed by atoms with Crippen molar-refractivity contribution < 1.29 is 0 Å². The van der Waals surface area contributed by atoms with Crippen molar-refractivity contribution in [1.29, 1.82) is 0 Å². The molecule has 0 unspecified atom stereocenters. The average Bonchev–Trinajstić information content (AvgIpc) is 2.94. The van der Waals surface area contributed by atoms with Crippen molar-refractivity contribution >= 4 is 5.82 Å². The van der Waals surface area contributed by atoms with E-state index in [1.54, 1.807) is 0 Å². The molecule has 17 heavy (non-hydrogen) atoms.